The summed E-state index contributed by atoms with van der Waals surface area (Å²) in [5, 5.41) is 18.5. The normalized spacial score (nSPS) is 24.9. The number of aromatic hydroxyl groups is 1. The number of para-hydroxylation sites is 1. The second-order valence-corrected chi connectivity index (χ2v) is 14.0. The van der Waals surface area contributed by atoms with E-state index < -0.39 is 24.1 Å². The van der Waals surface area contributed by atoms with Crippen LogP contribution in [0.4, 0.5) is 4.79 Å². The van der Waals surface area contributed by atoms with Crippen molar-refractivity contribution in [2.24, 2.45) is 28.9 Å². The van der Waals surface area contributed by atoms with E-state index in [1.54, 1.807) is 12.1 Å². The first-order valence-corrected chi connectivity index (χ1v) is 16.1. The highest BCUT2D eigenvalue weighted by Gasteiger charge is 2.51. The number of aromatic amines is 1. The van der Waals surface area contributed by atoms with Gasteiger partial charge in [0.1, 0.15) is 11.8 Å². The van der Waals surface area contributed by atoms with Crippen molar-refractivity contribution in [3.63, 3.8) is 0 Å². The molecule has 4 fully saturated rings. The summed E-state index contributed by atoms with van der Waals surface area (Å²) in [5.74, 6) is 3.07. The number of nitrogens with two attached hydrogens (primary N) is 1. The summed E-state index contributed by atoms with van der Waals surface area (Å²) in [4.78, 5) is 34.0. The number of carbonyl (C=O) groups excluding carboxylic acids is 2. The topological polar surface area (TPSA) is 156 Å². The highest BCUT2D eigenvalue weighted by atomic mass is 16.6. The number of benzene rings is 2. The van der Waals surface area contributed by atoms with E-state index in [0.717, 1.165) is 57.3 Å². The molecule has 0 saturated heterocycles. The van der Waals surface area contributed by atoms with E-state index in [1.807, 2.05) is 44.3 Å². The molecule has 8 rings (SSSR count). The van der Waals surface area contributed by atoms with Crippen LogP contribution in [-0.2, 0) is 28.8 Å². The number of H-pyrrole nitrogens is 1. The van der Waals surface area contributed by atoms with Gasteiger partial charge in [-0.15, -0.1) is 0 Å². The predicted octanol–water partition coefficient (Wildman–Crippen LogP) is 5.74. The Kier molecular flexibility index (Phi) is 7.54. The third kappa shape index (κ3) is 6.02. The van der Waals surface area contributed by atoms with Crippen molar-refractivity contribution in [3.8, 4) is 5.75 Å². The van der Waals surface area contributed by atoms with E-state index in [9.17, 15) is 14.7 Å². The van der Waals surface area contributed by atoms with Crippen LogP contribution in [0.2, 0.25) is 0 Å². The van der Waals surface area contributed by atoms with Crippen LogP contribution >= 0.6 is 0 Å². The molecule has 236 valence electrons. The largest absolute Gasteiger partial charge is 0.508 e. The number of fused-ring (bicyclic) bond motifs is 1. The third-order valence-electron chi connectivity index (χ3n) is 10.5. The van der Waals surface area contributed by atoms with Crippen molar-refractivity contribution < 1.29 is 24.0 Å². The van der Waals surface area contributed by atoms with E-state index in [-0.39, 0.29) is 17.6 Å². The van der Waals surface area contributed by atoms with E-state index in [1.165, 1.54) is 38.5 Å². The smallest absolute Gasteiger partial charge is 0.405 e. The molecule has 2 aromatic heterocycles. The SMILES string of the molecule is Cc1cc(O)cc(C)c1CC(OC(N)=O)C(=O)N[C@@H](Cc1c[nH]c2ccccc12)c1nc(CC23CC4CC(CC(C4)C2)C3)no1. The molecule has 0 aliphatic heterocycles. The molecule has 2 aromatic carbocycles. The highest BCUT2D eigenvalue weighted by molar-refractivity contribution is 5.85. The lowest BCUT2D eigenvalue weighted by atomic mass is 9.49. The first-order valence-electron chi connectivity index (χ1n) is 16.1. The molecule has 4 aliphatic carbocycles. The fourth-order valence-electron chi connectivity index (χ4n) is 9.11. The minimum atomic E-state index is -1.20. The molecule has 4 bridgehead atoms. The van der Waals surface area contributed by atoms with E-state index in [2.05, 4.69) is 15.5 Å². The average molecular weight is 612 g/mol. The van der Waals surface area contributed by atoms with Gasteiger partial charge in [-0.05, 0) is 116 Å². The van der Waals surface area contributed by atoms with Gasteiger partial charge in [0.05, 0.1) is 0 Å². The molecule has 2 heterocycles. The lowest BCUT2D eigenvalue weighted by Gasteiger charge is -2.56. The summed E-state index contributed by atoms with van der Waals surface area (Å²) in [6.07, 6.45) is 8.76. The number of nitrogens with zero attached hydrogens (tertiary/aromatic N) is 2. The zero-order chi connectivity index (χ0) is 31.3. The van der Waals surface area contributed by atoms with Gasteiger partial charge in [0.2, 0.25) is 5.89 Å². The summed E-state index contributed by atoms with van der Waals surface area (Å²) in [7, 11) is 0. The van der Waals surface area contributed by atoms with Crippen molar-refractivity contribution in [3.05, 3.63) is 76.6 Å². The van der Waals surface area contributed by atoms with Gasteiger partial charge in [-0.1, -0.05) is 23.4 Å². The monoisotopic (exact) mass is 611 g/mol. The maximum Gasteiger partial charge on any atom is 0.405 e. The molecule has 5 N–H and O–H groups in total. The average Bonchev–Trinajstić information content (AvgIpc) is 3.59. The number of primary amides is 1. The van der Waals surface area contributed by atoms with Gasteiger partial charge in [0.15, 0.2) is 11.9 Å². The zero-order valence-electron chi connectivity index (χ0n) is 25.8. The maximum absolute atomic E-state index is 13.9. The Morgan fingerprint density at radius 3 is 2.42 bits per heavy atom. The van der Waals surface area contributed by atoms with Gasteiger partial charge < -0.3 is 30.4 Å². The van der Waals surface area contributed by atoms with Crippen LogP contribution in [0.25, 0.3) is 10.9 Å². The number of hydrogen-bond donors (Lipinski definition) is 4. The summed E-state index contributed by atoms with van der Waals surface area (Å²) < 4.78 is 11.2. The summed E-state index contributed by atoms with van der Waals surface area (Å²) in [6, 6.07) is 10.5. The van der Waals surface area contributed by atoms with Crippen molar-refractivity contribution in [1.29, 1.82) is 0 Å². The van der Waals surface area contributed by atoms with Gasteiger partial charge in [0.25, 0.3) is 5.91 Å². The molecule has 0 radical (unpaired) electrons. The number of hydrogen-bond acceptors (Lipinski definition) is 7. The Morgan fingerprint density at radius 1 is 1.09 bits per heavy atom. The van der Waals surface area contributed by atoms with E-state index in [0.29, 0.717) is 18.1 Å². The number of amides is 2. The second-order valence-electron chi connectivity index (χ2n) is 14.0. The quantitative estimate of drug-likeness (QED) is 0.178. The third-order valence-corrected chi connectivity index (χ3v) is 10.5. The minimum absolute atomic E-state index is 0.0909. The standard InChI is InChI=1S/C35H41N5O5/c1-19-7-25(41)8-20(2)27(19)13-30(44-34(36)43)32(42)38-29(12-24-18-37-28-6-4-3-5-26(24)28)33-39-31(40-45-33)17-35-14-21-9-22(15-35)11-23(10-21)16-35/h3-8,18,21-23,29-30,37,41H,9-17H2,1-2H3,(H2,36,43)(H,38,42)/t21?,22?,23?,29-,30?,35?/m0/s1. The molecular weight excluding hydrogens is 570 g/mol. The minimum Gasteiger partial charge on any atom is -0.508 e. The number of phenols is 1. The summed E-state index contributed by atoms with van der Waals surface area (Å²) >= 11 is 0. The number of aromatic nitrogens is 3. The van der Waals surface area contributed by atoms with E-state index in [4.69, 9.17) is 20.0 Å². The van der Waals surface area contributed by atoms with Gasteiger partial charge >= 0.3 is 6.09 Å². The Balaban J connectivity index is 1.16. The summed E-state index contributed by atoms with van der Waals surface area (Å²) in [6.45, 7) is 3.68. The molecular formula is C35H41N5O5. The van der Waals surface area contributed by atoms with Crippen molar-refractivity contribution in [2.75, 3.05) is 0 Å². The Morgan fingerprint density at radius 2 is 1.76 bits per heavy atom. The molecule has 4 saturated carbocycles. The van der Waals surface area contributed by atoms with Gasteiger partial charge in [0, 0.05) is 36.4 Å². The van der Waals surface area contributed by atoms with Crippen LogP contribution in [0.3, 0.4) is 0 Å². The van der Waals surface area contributed by atoms with Gasteiger partial charge in [-0.25, -0.2) is 4.79 Å². The van der Waals surface area contributed by atoms with Crippen molar-refractivity contribution in [1.82, 2.24) is 20.4 Å². The van der Waals surface area contributed by atoms with Crippen LogP contribution in [0.1, 0.15) is 78.5 Å². The van der Waals surface area contributed by atoms with Gasteiger partial charge in [-0.2, -0.15) is 4.98 Å². The summed E-state index contributed by atoms with van der Waals surface area (Å²) in [5.41, 5.74) is 9.97. The highest BCUT2D eigenvalue weighted by Crippen LogP contribution is 2.60. The van der Waals surface area contributed by atoms with Crippen LogP contribution in [0, 0.1) is 37.0 Å². The molecule has 4 aromatic rings. The van der Waals surface area contributed by atoms with Crippen LogP contribution in [-0.4, -0.2) is 38.3 Å². The number of ether oxygens (including phenoxy) is 1. The van der Waals surface area contributed by atoms with Crippen molar-refractivity contribution >= 4 is 22.9 Å². The van der Waals surface area contributed by atoms with E-state index >= 15 is 0 Å². The first-order chi connectivity index (χ1) is 21.6. The molecule has 45 heavy (non-hydrogen) atoms. The molecule has 10 heteroatoms. The van der Waals surface area contributed by atoms with Crippen molar-refractivity contribution in [2.45, 2.75) is 83.8 Å². The lowest BCUT2D eigenvalue weighted by Crippen LogP contribution is -2.47. The number of aryl methyl sites for hydroxylation is 2. The molecule has 1 unspecified atom stereocenters. The lowest BCUT2D eigenvalue weighted by molar-refractivity contribution is -0.130. The van der Waals surface area contributed by atoms with Crippen LogP contribution < -0.4 is 11.1 Å². The number of rotatable bonds is 10. The molecule has 2 atom stereocenters. The fraction of sp³-hybridized carbons (Fsp3) is 0.486. The zero-order valence-corrected chi connectivity index (χ0v) is 25.8. The molecule has 10 nitrogen and oxygen atoms in total. The number of nitrogens with one attached hydrogen (secondary N) is 2. The fourth-order valence-corrected chi connectivity index (χ4v) is 9.11. The molecule has 0 spiro atoms. The number of carbonyl (C=O) groups is 2. The molecule has 4 aliphatic rings. The Labute approximate surface area is 262 Å². The Bertz CT molecular complexity index is 1680. The first kappa shape index (κ1) is 29.4. The van der Waals surface area contributed by atoms with Crippen LogP contribution in [0.5, 0.6) is 5.75 Å². The second kappa shape index (κ2) is 11.5. The van der Waals surface area contributed by atoms with Crippen LogP contribution in [0.15, 0.2) is 47.1 Å². The molecule has 2 amide bonds. The maximum atomic E-state index is 13.9. The van der Waals surface area contributed by atoms with Gasteiger partial charge in [-0.3, -0.25) is 4.79 Å². The Hall–Kier alpha value is -4.34. The predicted molar refractivity (Wildman–Crippen MR) is 167 cm³/mol. The number of phenolic OH excluding ortho intramolecular Hbond substituents is 1.